The van der Waals surface area contributed by atoms with E-state index in [9.17, 15) is 0 Å². The molecule has 1 heterocycles. The number of rotatable bonds is 3. The van der Waals surface area contributed by atoms with Gasteiger partial charge in [-0.15, -0.1) is 0 Å². The maximum Gasteiger partial charge on any atom is 0.0713 e. The third-order valence-electron chi connectivity index (χ3n) is 2.07. The molecule has 0 saturated heterocycles. The molecule has 0 saturated carbocycles. The zero-order valence-electron chi connectivity index (χ0n) is 8.03. The van der Waals surface area contributed by atoms with E-state index in [0.717, 1.165) is 11.1 Å². The molecule has 0 aliphatic rings. The number of aromatic nitrogens is 2. The molecule has 1 aromatic heterocycles. The van der Waals surface area contributed by atoms with Crippen LogP contribution < -0.4 is 0 Å². The van der Waals surface area contributed by atoms with Crippen LogP contribution in [0.15, 0.2) is 36.7 Å². The maximum atomic E-state index is 5.08. The fraction of sp³-hybridized carbons (Fsp3) is 0.182. The van der Waals surface area contributed by atoms with Gasteiger partial charge in [-0.1, -0.05) is 18.2 Å². The van der Waals surface area contributed by atoms with Crippen LogP contribution >= 0.6 is 0 Å². The number of H-pyrrole nitrogens is 1. The van der Waals surface area contributed by atoms with E-state index in [0.29, 0.717) is 6.61 Å². The Bertz CT molecular complexity index is 395. The Morgan fingerprint density at radius 2 is 2.29 bits per heavy atom. The summed E-state index contributed by atoms with van der Waals surface area (Å²) in [6.45, 7) is 0.645. The summed E-state index contributed by atoms with van der Waals surface area (Å²) in [5.74, 6) is 0. The van der Waals surface area contributed by atoms with Gasteiger partial charge in [-0.3, -0.25) is 5.10 Å². The quantitative estimate of drug-likeness (QED) is 0.802. The molecule has 0 aliphatic heterocycles. The highest BCUT2D eigenvalue weighted by Gasteiger charge is 1.99. The van der Waals surface area contributed by atoms with Crippen LogP contribution in [0, 0.1) is 0 Å². The molecule has 2 aromatic rings. The molecular formula is C11H12N2O. The lowest BCUT2D eigenvalue weighted by molar-refractivity contribution is 0.185. The molecule has 3 heteroatoms. The number of nitrogens with one attached hydrogen (secondary N) is 1. The highest BCUT2D eigenvalue weighted by molar-refractivity contribution is 5.62. The molecule has 0 radical (unpaired) electrons. The van der Waals surface area contributed by atoms with E-state index >= 15 is 0 Å². The minimum absolute atomic E-state index is 0.645. The van der Waals surface area contributed by atoms with E-state index in [1.165, 1.54) is 5.56 Å². The van der Waals surface area contributed by atoms with Gasteiger partial charge in [-0.05, 0) is 17.2 Å². The Labute approximate surface area is 82.7 Å². The van der Waals surface area contributed by atoms with Gasteiger partial charge in [-0.2, -0.15) is 5.10 Å². The summed E-state index contributed by atoms with van der Waals surface area (Å²) in [6, 6.07) is 8.24. The Kier molecular flexibility index (Phi) is 2.60. The van der Waals surface area contributed by atoms with Crippen LogP contribution in [0.4, 0.5) is 0 Å². The second kappa shape index (κ2) is 4.07. The highest BCUT2D eigenvalue weighted by Crippen LogP contribution is 2.18. The summed E-state index contributed by atoms with van der Waals surface area (Å²) < 4.78 is 5.08. The van der Waals surface area contributed by atoms with Crippen LogP contribution in [0.2, 0.25) is 0 Å². The molecule has 14 heavy (non-hydrogen) atoms. The van der Waals surface area contributed by atoms with E-state index < -0.39 is 0 Å². The minimum Gasteiger partial charge on any atom is -0.380 e. The van der Waals surface area contributed by atoms with Gasteiger partial charge in [0.05, 0.1) is 12.8 Å². The smallest absolute Gasteiger partial charge is 0.0713 e. The molecule has 0 unspecified atom stereocenters. The second-order valence-electron chi connectivity index (χ2n) is 3.12. The summed E-state index contributed by atoms with van der Waals surface area (Å²) in [6.07, 6.45) is 3.69. The lowest BCUT2D eigenvalue weighted by Gasteiger charge is -2.01. The number of methoxy groups -OCH3 is 1. The molecule has 0 aliphatic carbocycles. The molecular weight excluding hydrogens is 176 g/mol. The van der Waals surface area contributed by atoms with Crippen molar-refractivity contribution in [3.05, 3.63) is 42.2 Å². The molecule has 0 atom stereocenters. The van der Waals surface area contributed by atoms with Crippen LogP contribution in [0.5, 0.6) is 0 Å². The second-order valence-corrected chi connectivity index (χ2v) is 3.12. The average Bonchev–Trinajstić information content (AvgIpc) is 2.71. The molecule has 1 N–H and O–H groups in total. The maximum absolute atomic E-state index is 5.08. The van der Waals surface area contributed by atoms with Crippen molar-refractivity contribution in [3.8, 4) is 11.1 Å². The Morgan fingerprint density at radius 1 is 1.36 bits per heavy atom. The van der Waals surface area contributed by atoms with Crippen molar-refractivity contribution in [3.63, 3.8) is 0 Å². The van der Waals surface area contributed by atoms with E-state index in [1.807, 2.05) is 24.5 Å². The predicted molar refractivity (Wildman–Crippen MR) is 54.7 cm³/mol. The van der Waals surface area contributed by atoms with Crippen molar-refractivity contribution in [2.45, 2.75) is 6.61 Å². The zero-order valence-corrected chi connectivity index (χ0v) is 8.03. The fourth-order valence-electron chi connectivity index (χ4n) is 1.42. The SMILES string of the molecule is COCc1cccc(-c2cn[nH]c2)c1. The molecule has 0 fully saturated rings. The molecule has 0 spiro atoms. The number of nitrogens with zero attached hydrogens (tertiary/aromatic N) is 1. The first kappa shape index (κ1) is 8.97. The first-order chi connectivity index (χ1) is 6.90. The Balaban J connectivity index is 2.31. The van der Waals surface area contributed by atoms with Crippen molar-refractivity contribution in [2.24, 2.45) is 0 Å². The molecule has 1 aromatic carbocycles. The van der Waals surface area contributed by atoms with Crippen molar-refractivity contribution in [1.29, 1.82) is 0 Å². The van der Waals surface area contributed by atoms with Crippen molar-refractivity contribution in [2.75, 3.05) is 7.11 Å². The van der Waals surface area contributed by atoms with Gasteiger partial charge in [0, 0.05) is 18.9 Å². The largest absolute Gasteiger partial charge is 0.380 e. The fourth-order valence-corrected chi connectivity index (χ4v) is 1.42. The first-order valence-electron chi connectivity index (χ1n) is 4.47. The molecule has 2 rings (SSSR count). The third-order valence-corrected chi connectivity index (χ3v) is 2.07. The number of ether oxygens (including phenoxy) is 1. The average molecular weight is 188 g/mol. The van der Waals surface area contributed by atoms with Gasteiger partial charge in [0.2, 0.25) is 0 Å². The summed E-state index contributed by atoms with van der Waals surface area (Å²) in [5.41, 5.74) is 3.43. The molecule has 72 valence electrons. The zero-order chi connectivity index (χ0) is 9.80. The molecule has 0 amide bonds. The normalized spacial score (nSPS) is 10.4. The number of aromatic amines is 1. The van der Waals surface area contributed by atoms with Crippen LogP contribution in [-0.4, -0.2) is 17.3 Å². The van der Waals surface area contributed by atoms with Crippen LogP contribution in [0.25, 0.3) is 11.1 Å². The highest BCUT2D eigenvalue weighted by atomic mass is 16.5. The van der Waals surface area contributed by atoms with Gasteiger partial charge in [0.25, 0.3) is 0 Å². The van der Waals surface area contributed by atoms with E-state index in [2.05, 4.69) is 22.3 Å². The Morgan fingerprint density at radius 3 is 3.00 bits per heavy atom. The van der Waals surface area contributed by atoms with Crippen LogP contribution in [0.3, 0.4) is 0 Å². The summed E-state index contributed by atoms with van der Waals surface area (Å²) in [5, 5.41) is 6.72. The lowest BCUT2D eigenvalue weighted by atomic mass is 10.1. The van der Waals surface area contributed by atoms with Crippen molar-refractivity contribution < 1.29 is 4.74 Å². The lowest BCUT2D eigenvalue weighted by Crippen LogP contribution is -1.87. The van der Waals surface area contributed by atoms with Crippen LogP contribution in [-0.2, 0) is 11.3 Å². The van der Waals surface area contributed by atoms with E-state index in [1.54, 1.807) is 7.11 Å². The number of benzene rings is 1. The van der Waals surface area contributed by atoms with Gasteiger partial charge in [0.1, 0.15) is 0 Å². The summed E-state index contributed by atoms with van der Waals surface area (Å²) >= 11 is 0. The number of hydrogen-bond acceptors (Lipinski definition) is 2. The molecule has 3 nitrogen and oxygen atoms in total. The van der Waals surface area contributed by atoms with Gasteiger partial charge in [0.15, 0.2) is 0 Å². The van der Waals surface area contributed by atoms with Gasteiger partial charge >= 0.3 is 0 Å². The minimum atomic E-state index is 0.645. The predicted octanol–water partition coefficient (Wildman–Crippen LogP) is 2.22. The third kappa shape index (κ3) is 1.83. The van der Waals surface area contributed by atoms with Gasteiger partial charge < -0.3 is 4.74 Å². The Hall–Kier alpha value is -1.61. The van der Waals surface area contributed by atoms with Crippen molar-refractivity contribution >= 4 is 0 Å². The molecule has 0 bridgehead atoms. The monoisotopic (exact) mass is 188 g/mol. The summed E-state index contributed by atoms with van der Waals surface area (Å²) in [4.78, 5) is 0. The standard InChI is InChI=1S/C11H12N2O/c1-14-8-9-3-2-4-10(5-9)11-6-12-13-7-11/h2-7H,8H2,1H3,(H,12,13). The van der Waals surface area contributed by atoms with Crippen LogP contribution in [0.1, 0.15) is 5.56 Å². The van der Waals surface area contributed by atoms with E-state index in [-0.39, 0.29) is 0 Å². The summed E-state index contributed by atoms with van der Waals surface area (Å²) in [7, 11) is 1.70. The van der Waals surface area contributed by atoms with Gasteiger partial charge in [-0.25, -0.2) is 0 Å². The topological polar surface area (TPSA) is 37.9 Å². The number of hydrogen-bond donors (Lipinski definition) is 1. The van der Waals surface area contributed by atoms with E-state index in [4.69, 9.17) is 4.74 Å². The van der Waals surface area contributed by atoms with Crippen molar-refractivity contribution in [1.82, 2.24) is 10.2 Å². The first-order valence-corrected chi connectivity index (χ1v) is 4.47.